The Kier molecular flexibility index (Phi) is 4.20. The number of aryl methyl sites for hydroxylation is 1. The Morgan fingerprint density at radius 3 is 2.52 bits per heavy atom. The van der Waals surface area contributed by atoms with Gasteiger partial charge in [-0.25, -0.2) is 0 Å². The Morgan fingerprint density at radius 2 is 1.91 bits per heavy atom. The average molecular weight is 314 g/mol. The van der Waals surface area contributed by atoms with E-state index in [1.54, 1.807) is 0 Å². The van der Waals surface area contributed by atoms with Gasteiger partial charge >= 0.3 is 0 Å². The molecule has 126 valence electrons. The van der Waals surface area contributed by atoms with Crippen molar-refractivity contribution in [3.8, 4) is 11.5 Å². The first-order chi connectivity index (χ1) is 10.9. The second-order valence-corrected chi connectivity index (χ2v) is 7.86. The van der Waals surface area contributed by atoms with Gasteiger partial charge in [0, 0.05) is 11.0 Å². The molecule has 2 aliphatic heterocycles. The summed E-state index contributed by atoms with van der Waals surface area (Å²) in [7, 11) is 0. The first-order valence-electron chi connectivity index (χ1n) is 9.11. The van der Waals surface area contributed by atoms with Gasteiger partial charge in [0.1, 0.15) is 17.1 Å². The molecule has 0 atom stereocenters. The van der Waals surface area contributed by atoms with Crippen LogP contribution in [0, 0.1) is 0 Å². The number of rotatable bonds is 5. The van der Waals surface area contributed by atoms with Gasteiger partial charge in [-0.2, -0.15) is 0 Å². The zero-order chi connectivity index (χ0) is 16.7. The largest absolute Gasteiger partial charge is 0.507 e. The van der Waals surface area contributed by atoms with Gasteiger partial charge in [-0.05, 0) is 70.1 Å². The summed E-state index contributed by atoms with van der Waals surface area (Å²) in [6.07, 6.45) is 8.71. The molecule has 0 aromatic heterocycles. The monoisotopic (exact) mass is 314 g/mol. The van der Waals surface area contributed by atoms with Gasteiger partial charge in [0.05, 0.1) is 0 Å². The molecule has 2 bridgehead atoms. The molecular weight excluding hydrogens is 284 g/mol. The fourth-order valence-corrected chi connectivity index (χ4v) is 4.40. The zero-order valence-corrected chi connectivity index (χ0v) is 14.9. The molecule has 0 unspecified atom stereocenters. The van der Waals surface area contributed by atoms with Gasteiger partial charge < -0.3 is 9.84 Å². The summed E-state index contributed by atoms with van der Waals surface area (Å²) in [4.78, 5) is 0. The third-order valence-electron chi connectivity index (χ3n) is 6.02. The lowest BCUT2D eigenvalue weighted by Crippen LogP contribution is -2.39. The summed E-state index contributed by atoms with van der Waals surface area (Å²) >= 11 is 0. The Labute approximate surface area is 140 Å². The van der Waals surface area contributed by atoms with Crippen LogP contribution in [0.1, 0.15) is 76.8 Å². The number of fused-ring (bicyclic) bond motifs is 2. The normalized spacial score (nSPS) is 28.8. The van der Waals surface area contributed by atoms with Crippen molar-refractivity contribution in [2.75, 3.05) is 0 Å². The van der Waals surface area contributed by atoms with Crippen LogP contribution in [0.4, 0.5) is 0 Å². The predicted octanol–water partition coefficient (Wildman–Crippen LogP) is 5.66. The number of benzene rings is 1. The van der Waals surface area contributed by atoms with Gasteiger partial charge in [-0.3, -0.25) is 0 Å². The second-order valence-electron chi connectivity index (χ2n) is 7.86. The van der Waals surface area contributed by atoms with Gasteiger partial charge in [-0.1, -0.05) is 31.9 Å². The summed E-state index contributed by atoms with van der Waals surface area (Å²) in [6.45, 7) is 10.8. The van der Waals surface area contributed by atoms with Gasteiger partial charge in [0.15, 0.2) is 0 Å². The highest BCUT2D eigenvalue weighted by molar-refractivity contribution is 5.56. The lowest BCUT2D eigenvalue weighted by atomic mass is 9.63. The predicted molar refractivity (Wildman–Crippen MR) is 95.3 cm³/mol. The minimum Gasteiger partial charge on any atom is -0.507 e. The molecule has 2 heterocycles. The maximum absolute atomic E-state index is 10.8. The highest BCUT2D eigenvalue weighted by Crippen LogP contribution is 2.57. The highest BCUT2D eigenvalue weighted by atomic mass is 16.5. The SMILES string of the molecule is C=C(C)C12CCC(C)(CC1)Oc1cc(CCCCC)cc(O)c12. The van der Waals surface area contributed by atoms with Crippen LogP contribution in [-0.2, 0) is 11.8 Å². The van der Waals surface area contributed by atoms with E-state index in [4.69, 9.17) is 4.74 Å². The van der Waals surface area contributed by atoms with E-state index in [9.17, 15) is 5.11 Å². The summed E-state index contributed by atoms with van der Waals surface area (Å²) in [5, 5.41) is 10.8. The molecule has 1 N–H and O–H groups in total. The molecule has 1 fully saturated rings. The smallest absolute Gasteiger partial charge is 0.128 e. The molecule has 1 aliphatic carbocycles. The lowest BCUT2D eigenvalue weighted by molar-refractivity contribution is 0.0485. The van der Waals surface area contributed by atoms with E-state index in [0.29, 0.717) is 5.75 Å². The summed E-state index contributed by atoms with van der Waals surface area (Å²) in [5.74, 6) is 1.31. The number of phenols is 1. The number of aromatic hydroxyl groups is 1. The Bertz CT molecular complexity index is 607. The van der Waals surface area contributed by atoms with Crippen molar-refractivity contribution in [1.29, 1.82) is 0 Å². The van der Waals surface area contributed by atoms with Crippen LogP contribution in [0.2, 0.25) is 0 Å². The highest BCUT2D eigenvalue weighted by Gasteiger charge is 2.49. The molecular formula is C21H30O2. The topological polar surface area (TPSA) is 29.5 Å². The number of ether oxygens (including phenoxy) is 1. The third kappa shape index (κ3) is 2.77. The zero-order valence-electron chi connectivity index (χ0n) is 14.9. The van der Waals surface area contributed by atoms with Crippen LogP contribution >= 0.6 is 0 Å². The van der Waals surface area contributed by atoms with Crippen molar-refractivity contribution >= 4 is 0 Å². The van der Waals surface area contributed by atoms with E-state index < -0.39 is 0 Å². The molecule has 4 rings (SSSR count). The lowest BCUT2D eigenvalue weighted by Gasteiger charge is -2.40. The molecule has 0 radical (unpaired) electrons. The summed E-state index contributed by atoms with van der Waals surface area (Å²) in [5.41, 5.74) is 3.12. The van der Waals surface area contributed by atoms with Gasteiger partial charge in [-0.15, -0.1) is 0 Å². The first-order valence-corrected chi connectivity index (χ1v) is 9.11. The molecule has 0 spiro atoms. The molecule has 1 aromatic rings. The molecule has 0 amide bonds. The number of phenolic OH excluding ortho intramolecular Hbond substituents is 1. The summed E-state index contributed by atoms with van der Waals surface area (Å²) in [6, 6.07) is 4.14. The van der Waals surface area contributed by atoms with E-state index in [0.717, 1.165) is 55.4 Å². The Balaban J connectivity index is 2.06. The van der Waals surface area contributed by atoms with E-state index in [2.05, 4.69) is 33.4 Å². The van der Waals surface area contributed by atoms with E-state index in [-0.39, 0.29) is 11.0 Å². The van der Waals surface area contributed by atoms with Crippen molar-refractivity contribution in [2.45, 2.75) is 83.2 Å². The Morgan fingerprint density at radius 1 is 1.22 bits per heavy atom. The van der Waals surface area contributed by atoms with Crippen molar-refractivity contribution in [3.63, 3.8) is 0 Å². The van der Waals surface area contributed by atoms with Crippen LogP contribution in [-0.4, -0.2) is 10.7 Å². The quantitative estimate of drug-likeness (QED) is 0.561. The van der Waals surface area contributed by atoms with Crippen LogP contribution in [0.15, 0.2) is 24.3 Å². The fourth-order valence-electron chi connectivity index (χ4n) is 4.40. The summed E-state index contributed by atoms with van der Waals surface area (Å²) < 4.78 is 6.44. The maximum Gasteiger partial charge on any atom is 0.128 e. The minimum absolute atomic E-state index is 0.0985. The minimum atomic E-state index is -0.114. The standard InChI is InChI=1S/C21H30O2/c1-5-6-7-8-16-13-17(22)19-18(14-16)23-20(4)9-11-21(19,12-10-20)15(2)3/h13-14,22H,2,5-12H2,1,3-4H3. The Hall–Kier alpha value is -1.44. The van der Waals surface area contributed by atoms with E-state index in [1.807, 2.05) is 6.07 Å². The van der Waals surface area contributed by atoms with Crippen molar-refractivity contribution < 1.29 is 9.84 Å². The van der Waals surface area contributed by atoms with Gasteiger partial charge in [0.2, 0.25) is 0 Å². The molecule has 1 saturated carbocycles. The molecule has 2 heteroatoms. The molecule has 23 heavy (non-hydrogen) atoms. The third-order valence-corrected chi connectivity index (χ3v) is 6.02. The first kappa shape index (κ1) is 16.4. The van der Waals surface area contributed by atoms with Crippen LogP contribution < -0.4 is 4.74 Å². The van der Waals surface area contributed by atoms with E-state index >= 15 is 0 Å². The number of hydrogen-bond donors (Lipinski definition) is 1. The maximum atomic E-state index is 10.8. The van der Waals surface area contributed by atoms with Crippen molar-refractivity contribution in [1.82, 2.24) is 0 Å². The molecule has 3 aliphatic rings. The number of allylic oxidation sites excluding steroid dienone is 1. The average Bonchev–Trinajstić information content (AvgIpc) is 2.70. The second kappa shape index (κ2) is 5.89. The van der Waals surface area contributed by atoms with E-state index in [1.165, 1.54) is 18.4 Å². The molecule has 2 nitrogen and oxygen atoms in total. The van der Waals surface area contributed by atoms with Gasteiger partial charge in [0.25, 0.3) is 0 Å². The van der Waals surface area contributed by atoms with Crippen LogP contribution in [0.3, 0.4) is 0 Å². The van der Waals surface area contributed by atoms with Crippen LogP contribution in [0.25, 0.3) is 0 Å². The fraction of sp³-hybridized carbons (Fsp3) is 0.619. The number of unbranched alkanes of at least 4 members (excludes halogenated alkanes) is 2. The molecule has 0 saturated heterocycles. The van der Waals surface area contributed by atoms with Crippen molar-refractivity contribution in [3.05, 3.63) is 35.4 Å². The van der Waals surface area contributed by atoms with Crippen LogP contribution in [0.5, 0.6) is 11.5 Å². The number of hydrogen-bond acceptors (Lipinski definition) is 2. The van der Waals surface area contributed by atoms with Crippen molar-refractivity contribution in [2.24, 2.45) is 0 Å². The molecule has 1 aromatic carbocycles.